The number of benzene rings is 1. The van der Waals surface area contributed by atoms with Gasteiger partial charge in [0.15, 0.2) is 0 Å². The van der Waals surface area contributed by atoms with Crippen molar-refractivity contribution in [2.24, 2.45) is 0 Å². The van der Waals surface area contributed by atoms with Crippen LogP contribution in [-0.4, -0.2) is 5.11 Å². The summed E-state index contributed by atoms with van der Waals surface area (Å²) in [6, 6.07) is 5.85. The van der Waals surface area contributed by atoms with Crippen molar-refractivity contribution in [3.8, 4) is 5.75 Å². The Bertz CT molecular complexity index is 330. The molecule has 0 amide bonds. The summed E-state index contributed by atoms with van der Waals surface area (Å²) in [7, 11) is 0. The van der Waals surface area contributed by atoms with Gasteiger partial charge in [-0.1, -0.05) is 64.0 Å². The van der Waals surface area contributed by atoms with Crippen molar-refractivity contribution >= 4 is 0 Å². The number of unbranched alkanes of at least 4 members (excludes halogenated alkanes) is 7. The summed E-state index contributed by atoms with van der Waals surface area (Å²) >= 11 is 0. The predicted molar refractivity (Wildman–Crippen MR) is 79.2 cm³/mol. The van der Waals surface area contributed by atoms with Crippen LogP contribution in [0.15, 0.2) is 18.2 Å². The molecule has 0 radical (unpaired) electrons. The van der Waals surface area contributed by atoms with Crippen LogP contribution in [0.5, 0.6) is 5.75 Å². The van der Waals surface area contributed by atoms with Gasteiger partial charge in [-0.2, -0.15) is 0 Å². The third-order valence-electron chi connectivity index (χ3n) is 3.72. The minimum absolute atomic E-state index is 0.437. The van der Waals surface area contributed by atoms with Gasteiger partial charge in [-0.3, -0.25) is 0 Å². The van der Waals surface area contributed by atoms with Crippen LogP contribution in [0, 0.1) is 6.92 Å². The van der Waals surface area contributed by atoms with Crippen LogP contribution in [0.25, 0.3) is 0 Å². The summed E-state index contributed by atoms with van der Waals surface area (Å²) in [6.07, 6.45) is 12.0. The molecule has 1 aromatic carbocycles. The molecule has 0 heterocycles. The van der Waals surface area contributed by atoms with E-state index in [4.69, 9.17) is 0 Å². The second-order valence-electron chi connectivity index (χ2n) is 5.29. The molecule has 0 spiro atoms. The first kappa shape index (κ1) is 15.1. The molecule has 1 nitrogen and oxygen atoms in total. The summed E-state index contributed by atoms with van der Waals surface area (Å²) in [5, 5.41) is 9.62. The van der Waals surface area contributed by atoms with Gasteiger partial charge in [0.1, 0.15) is 5.75 Å². The second kappa shape index (κ2) is 9.02. The molecule has 0 aliphatic heterocycles. The normalized spacial score (nSPS) is 10.8. The molecule has 0 fully saturated rings. The van der Waals surface area contributed by atoms with Crippen molar-refractivity contribution in [3.05, 3.63) is 29.3 Å². The lowest BCUT2D eigenvalue weighted by molar-refractivity contribution is 0.469. The topological polar surface area (TPSA) is 20.2 Å². The second-order valence-corrected chi connectivity index (χ2v) is 5.29. The monoisotopic (exact) mass is 248 g/mol. The van der Waals surface area contributed by atoms with Gasteiger partial charge in [-0.15, -0.1) is 0 Å². The maximum absolute atomic E-state index is 9.62. The number of hydrogen-bond donors (Lipinski definition) is 1. The van der Waals surface area contributed by atoms with Crippen molar-refractivity contribution < 1.29 is 5.11 Å². The van der Waals surface area contributed by atoms with E-state index >= 15 is 0 Å². The first-order valence-corrected chi connectivity index (χ1v) is 7.53. The third-order valence-corrected chi connectivity index (χ3v) is 3.72. The van der Waals surface area contributed by atoms with Crippen LogP contribution in [0.3, 0.4) is 0 Å². The molecule has 1 heteroatoms. The van der Waals surface area contributed by atoms with E-state index in [-0.39, 0.29) is 0 Å². The first-order valence-electron chi connectivity index (χ1n) is 7.53. The quantitative estimate of drug-likeness (QED) is 0.581. The summed E-state index contributed by atoms with van der Waals surface area (Å²) in [5.74, 6) is 0.437. The highest BCUT2D eigenvalue weighted by atomic mass is 16.3. The van der Waals surface area contributed by atoms with E-state index in [2.05, 4.69) is 13.0 Å². The van der Waals surface area contributed by atoms with Crippen molar-refractivity contribution in [1.82, 2.24) is 0 Å². The first-order chi connectivity index (χ1) is 8.75. The Morgan fingerprint density at radius 1 is 0.889 bits per heavy atom. The molecule has 0 saturated heterocycles. The van der Waals surface area contributed by atoms with Gasteiger partial charge in [0.05, 0.1) is 0 Å². The van der Waals surface area contributed by atoms with Crippen molar-refractivity contribution in [2.75, 3.05) is 0 Å². The molecule has 1 aromatic rings. The number of phenols is 1. The number of hydrogen-bond acceptors (Lipinski definition) is 1. The van der Waals surface area contributed by atoms with E-state index in [1.807, 2.05) is 13.0 Å². The summed E-state index contributed by atoms with van der Waals surface area (Å²) in [4.78, 5) is 0. The molecule has 0 aliphatic carbocycles. The molecule has 0 saturated carbocycles. The average molecular weight is 248 g/mol. The summed E-state index contributed by atoms with van der Waals surface area (Å²) in [5.41, 5.74) is 2.36. The van der Waals surface area contributed by atoms with Crippen LogP contribution in [-0.2, 0) is 6.42 Å². The molecule has 1 rings (SSSR count). The molecule has 0 atom stereocenters. The maximum Gasteiger partial charge on any atom is 0.118 e. The van der Waals surface area contributed by atoms with E-state index < -0.39 is 0 Å². The fraction of sp³-hybridized carbons (Fsp3) is 0.647. The average Bonchev–Trinajstić information content (AvgIpc) is 2.37. The predicted octanol–water partition coefficient (Wildman–Crippen LogP) is 5.38. The molecular weight excluding hydrogens is 220 g/mol. The standard InChI is InChI=1S/C17H28O/c1-3-4-5-6-7-8-9-10-12-16-13-11-14-17(18)15(16)2/h11,13-14,18H,3-10,12H2,1-2H3. The van der Waals surface area contributed by atoms with Crippen LogP contribution >= 0.6 is 0 Å². The minimum Gasteiger partial charge on any atom is -0.508 e. The van der Waals surface area contributed by atoms with Crippen LogP contribution in [0.1, 0.15) is 69.4 Å². The zero-order valence-electron chi connectivity index (χ0n) is 12.0. The number of rotatable bonds is 9. The highest BCUT2D eigenvalue weighted by molar-refractivity contribution is 5.37. The van der Waals surface area contributed by atoms with E-state index in [9.17, 15) is 5.11 Å². The van der Waals surface area contributed by atoms with Gasteiger partial charge in [0, 0.05) is 0 Å². The van der Waals surface area contributed by atoms with Gasteiger partial charge >= 0.3 is 0 Å². The highest BCUT2D eigenvalue weighted by Gasteiger charge is 2.01. The Hall–Kier alpha value is -0.980. The summed E-state index contributed by atoms with van der Waals surface area (Å²) in [6.45, 7) is 4.27. The Kier molecular flexibility index (Phi) is 7.55. The SMILES string of the molecule is CCCCCCCCCCc1cccc(O)c1C. The Labute approximate surface area is 112 Å². The molecular formula is C17H28O. The van der Waals surface area contributed by atoms with Crippen LogP contribution in [0.2, 0.25) is 0 Å². The Morgan fingerprint density at radius 2 is 1.50 bits per heavy atom. The smallest absolute Gasteiger partial charge is 0.118 e. The zero-order valence-corrected chi connectivity index (χ0v) is 12.0. The fourth-order valence-electron chi connectivity index (χ4n) is 2.39. The largest absolute Gasteiger partial charge is 0.508 e. The van der Waals surface area contributed by atoms with Gasteiger partial charge in [0.25, 0.3) is 0 Å². The van der Waals surface area contributed by atoms with E-state index in [0.29, 0.717) is 5.75 Å². The fourth-order valence-corrected chi connectivity index (χ4v) is 2.39. The van der Waals surface area contributed by atoms with Gasteiger partial charge in [-0.05, 0) is 37.0 Å². The number of aromatic hydroxyl groups is 1. The lowest BCUT2D eigenvalue weighted by Crippen LogP contribution is -1.90. The maximum atomic E-state index is 9.62. The van der Waals surface area contributed by atoms with Gasteiger partial charge in [0.2, 0.25) is 0 Å². The van der Waals surface area contributed by atoms with Gasteiger partial charge < -0.3 is 5.11 Å². The van der Waals surface area contributed by atoms with E-state index in [1.54, 1.807) is 6.07 Å². The molecule has 0 aliphatic rings. The van der Waals surface area contributed by atoms with E-state index in [0.717, 1.165) is 12.0 Å². The molecule has 0 bridgehead atoms. The minimum atomic E-state index is 0.437. The van der Waals surface area contributed by atoms with Crippen molar-refractivity contribution in [1.29, 1.82) is 0 Å². The van der Waals surface area contributed by atoms with Crippen molar-refractivity contribution in [3.63, 3.8) is 0 Å². The highest BCUT2D eigenvalue weighted by Crippen LogP contribution is 2.21. The van der Waals surface area contributed by atoms with Crippen LogP contribution in [0.4, 0.5) is 0 Å². The summed E-state index contributed by atoms with van der Waals surface area (Å²) < 4.78 is 0. The molecule has 18 heavy (non-hydrogen) atoms. The number of phenolic OH excluding ortho intramolecular Hbond substituents is 1. The van der Waals surface area contributed by atoms with Crippen LogP contribution < -0.4 is 0 Å². The lowest BCUT2D eigenvalue weighted by atomic mass is 10.0. The molecule has 102 valence electrons. The molecule has 0 unspecified atom stereocenters. The lowest BCUT2D eigenvalue weighted by Gasteiger charge is -2.07. The third kappa shape index (κ3) is 5.57. The number of aryl methyl sites for hydroxylation is 1. The van der Waals surface area contributed by atoms with E-state index in [1.165, 1.54) is 56.9 Å². The molecule has 0 aromatic heterocycles. The Morgan fingerprint density at radius 3 is 2.17 bits per heavy atom. The van der Waals surface area contributed by atoms with Gasteiger partial charge in [-0.25, -0.2) is 0 Å². The molecule has 1 N–H and O–H groups in total. The zero-order chi connectivity index (χ0) is 13.2. The Balaban J connectivity index is 2.09. The van der Waals surface area contributed by atoms with Crippen molar-refractivity contribution in [2.45, 2.75) is 71.6 Å².